The van der Waals surface area contributed by atoms with Gasteiger partial charge in [0.1, 0.15) is 5.82 Å². The minimum absolute atomic E-state index is 0.290. The number of anilines is 1. The normalized spacial score (nSPS) is 11.7. The third-order valence-electron chi connectivity index (χ3n) is 2.97. The number of nitrogens with one attached hydrogen (secondary N) is 1. The van der Waals surface area contributed by atoms with E-state index in [0.29, 0.717) is 12.4 Å². The minimum atomic E-state index is -4.58. The molecule has 0 saturated heterocycles. The molecule has 0 bridgehead atoms. The summed E-state index contributed by atoms with van der Waals surface area (Å²) in [7, 11) is 0. The van der Waals surface area contributed by atoms with Crippen LogP contribution in [0.15, 0.2) is 36.5 Å². The summed E-state index contributed by atoms with van der Waals surface area (Å²) in [5.74, 6) is -0.146. The van der Waals surface area contributed by atoms with Gasteiger partial charge in [-0.1, -0.05) is 26.0 Å². The Hall–Kier alpha value is -2.31. The van der Waals surface area contributed by atoms with Crippen molar-refractivity contribution >= 4 is 11.7 Å². The zero-order chi connectivity index (χ0) is 16.3. The van der Waals surface area contributed by atoms with Gasteiger partial charge in [-0.05, 0) is 18.1 Å². The van der Waals surface area contributed by atoms with Gasteiger partial charge in [0.15, 0.2) is 0 Å². The van der Waals surface area contributed by atoms with E-state index >= 15 is 0 Å². The number of aromatic nitrogens is 2. The molecule has 118 valence electrons. The summed E-state index contributed by atoms with van der Waals surface area (Å²) < 4.78 is 40.4. The van der Waals surface area contributed by atoms with Gasteiger partial charge < -0.3 is 5.32 Å². The average Bonchev–Trinajstić information content (AvgIpc) is 2.84. The van der Waals surface area contributed by atoms with Gasteiger partial charge in [0, 0.05) is 12.6 Å². The standard InChI is InChI=1S/C15H16F3N3O/c1-10(2)9-21-13(7-8-19-21)20-14(22)11-5-3-4-6-12(11)15(16,17)18/h3-8,10H,9H2,1-2H3,(H,20,22). The SMILES string of the molecule is CC(C)Cn1nccc1NC(=O)c1ccccc1C(F)(F)F. The van der Waals surface area contributed by atoms with Crippen molar-refractivity contribution in [2.24, 2.45) is 5.92 Å². The first-order valence-corrected chi connectivity index (χ1v) is 6.78. The van der Waals surface area contributed by atoms with Crippen molar-refractivity contribution in [1.29, 1.82) is 0 Å². The van der Waals surface area contributed by atoms with E-state index in [1.54, 1.807) is 10.7 Å². The van der Waals surface area contributed by atoms with E-state index in [9.17, 15) is 18.0 Å². The Morgan fingerprint density at radius 2 is 1.95 bits per heavy atom. The van der Waals surface area contributed by atoms with E-state index in [1.165, 1.54) is 18.3 Å². The van der Waals surface area contributed by atoms with Crippen molar-refractivity contribution in [2.75, 3.05) is 5.32 Å². The van der Waals surface area contributed by atoms with E-state index in [0.717, 1.165) is 12.1 Å². The second kappa shape index (κ2) is 6.21. The van der Waals surface area contributed by atoms with Crippen molar-refractivity contribution in [3.05, 3.63) is 47.7 Å². The highest BCUT2D eigenvalue weighted by Gasteiger charge is 2.34. The monoisotopic (exact) mass is 311 g/mol. The molecule has 1 heterocycles. The predicted octanol–water partition coefficient (Wildman–Crippen LogP) is 3.81. The highest BCUT2D eigenvalue weighted by molar-refractivity contribution is 6.05. The number of halogens is 3. The molecule has 0 spiro atoms. The number of alkyl halides is 3. The van der Waals surface area contributed by atoms with Crippen LogP contribution in [-0.4, -0.2) is 15.7 Å². The summed E-state index contributed by atoms with van der Waals surface area (Å²) in [5, 5.41) is 6.54. The van der Waals surface area contributed by atoms with Crippen molar-refractivity contribution in [1.82, 2.24) is 9.78 Å². The highest BCUT2D eigenvalue weighted by Crippen LogP contribution is 2.32. The third kappa shape index (κ3) is 3.66. The molecule has 0 atom stereocenters. The predicted molar refractivity (Wildman–Crippen MR) is 76.5 cm³/mol. The molecule has 7 heteroatoms. The number of carbonyl (C=O) groups excluding carboxylic acids is 1. The quantitative estimate of drug-likeness (QED) is 0.933. The fourth-order valence-electron chi connectivity index (χ4n) is 2.04. The molecule has 2 aromatic rings. The minimum Gasteiger partial charge on any atom is -0.307 e. The second-order valence-corrected chi connectivity index (χ2v) is 5.29. The van der Waals surface area contributed by atoms with Crippen LogP contribution in [0.3, 0.4) is 0 Å². The van der Waals surface area contributed by atoms with Gasteiger partial charge in [-0.15, -0.1) is 0 Å². The number of nitrogens with zero attached hydrogens (tertiary/aromatic N) is 2. The first kappa shape index (κ1) is 16.1. The largest absolute Gasteiger partial charge is 0.417 e. The zero-order valence-corrected chi connectivity index (χ0v) is 12.2. The molecule has 0 aliphatic carbocycles. The Morgan fingerprint density at radius 3 is 2.59 bits per heavy atom. The smallest absolute Gasteiger partial charge is 0.307 e. The molecule has 1 amide bonds. The molecule has 1 N–H and O–H groups in total. The Balaban J connectivity index is 2.26. The van der Waals surface area contributed by atoms with Gasteiger partial charge in [0.2, 0.25) is 0 Å². The van der Waals surface area contributed by atoms with Crippen molar-refractivity contribution in [2.45, 2.75) is 26.6 Å². The van der Waals surface area contributed by atoms with E-state index in [2.05, 4.69) is 10.4 Å². The van der Waals surface area contributed by atoms with Crippen LogP contribution in [0.2, 0.25) is 0 Å². The number of hydrogen-bond donors (Lipinski definition) is 1. The van der Waals surface area contributed by atoms with Gasteiger partial charge in [-0.25, -0.2) is 4.68 Å². The van der Waals surface area contributed by atoms with Crippen LogP contribution in [0.4, 0.5) is 19.0 Å². The van der Waals surface area contributed by atoms with Crippen LogP contribution < -0.4 is 5.32 Å². The van der Waals surface area contributed by atoms with Crippen LogP contribution in [-0.2, 0) is 12.7 Å². The molecule has 0 saturated carbocycles. The lowest BCUT2D eigenvalue weighted by Crippen LogP contribution is -2.21. The molecule has 4 nitrogen and oxygen atoms in total. The van der Waals surface area contributed by atoms with Gasteiger partial charge in [0.05, 0.1) is 17.3 Å². The van der Waals surface area contributed by atoms with Gasteiger partial charge in [-0.3, -0.25) is 4.79 Å². The number of carbonyl (C=O) groups is 1. The summed E-state index contributed by atoms with van der Waals surface area (Å²) in [4.78, 5) is 12.2. The van der Waals surface area contributed by atoms with Crippen LogP contribution in [0.1, 0.15) is 29.8 Å². The Bertz CT molecular complexity index is 662. The fraction of sp³-hybridized carbons (Fsp3) is 0.333. The summed E-state index contributed by atoms with van der Waals surface area (Å²) in [5.41, 5.74) is -1.37. The first-order valence-electron chi connectivity index (χ1n) is 6.78. The van der Waals surface area contributed by atoms with Gasteiger partial charge in [0.25, 0.3) is 5.91 Å². The molecule has 1 aromatic carbocycles. The third-order valence-corrected chi connectivity index (χ3v) is 2.97. The first-order chi connectivity index (χ1) is 10.3. The van der Waals surface area contributed by atoms with Crippen LogP contribution in [0, 0.1) is 5.92 Å². The molecular formula is C15H16F3N3O. The van der Waals surface area contributed by atoms with Crippen molar-refractivity contribution < 1.29 is 18.0 Å². The Morgan fingerprint density at radius 1 is 1.27 bits per heavy atom. The summed E-state index contributed by atoms with van der Waals surface area (Å²) in [6.45, 7) is 4.52. The fourth-order valence-corrected chi connectivity index (χ4v) is 2.04. The van der Waals surface area contributed by atoms with Crippen molar-refractivity contribution in [3.63, 3.8) is 0 Å². The molecule has 0 unspecified atom stereocenters. The van der Waals surface area contributed by atoms with E-state index in [1.807, 2.05) is 13.8 Å². The lowest BCUT2D eigenvalue weighted by Gasteiger charge is -2.14. The number of rotatable bonds is 4. The lowest BCUT2D eigenvalue weighted by atomic mass is 10.1. The molecular weight excluding hydrogens is 295 g/mol. The molecule has 0 fully saturated rings. The zero-order valence-electron chi connectivity index (χ0n) is 12.2. The van der Waals surface area contributed by atoms with Crippen LogP contribution in [0.5, 0.6) is 0 Å². The average molecular weight is 311 g/mol. The molecule has 0 radical (unpaired) electrons. The van der Waals surface area contributed by atoms with Crippen molar-refractivity contribution in [3.8, 4) is 0 Å². The summed E-state index contributed by atoms with van der Waals surface area (Å²) in [6, 6.07) is 6.25. The van der Waals surface area contributed by atoms with Crippen LogP contribution >= 0.6 is 0 Å². The molecule has 22 heavy (non-hydrogen) atoms. The molecule has 2 rings (SSSR count). The topological polar surface area (TPSA) is 46.9 Å². The number of amides is 1. The van der Waals surface area contributed by atoms with Gasteiger partial charge in [-0.2, -0.15) is 18.3 Å². The van der Waals surface area contributed by atoms with E-state index < -0.39 is 23.2 Å². The summed E-state index contributed by atoms with van der Waals surface area (Å²) in [6.07, 6.45) is -3.08. The molecule has 0 aliphatic rings. The maximum absolute atomic E-state index is 12.9. The lowest BCUT2D eigenvalue weighted by molar-refractivity contribution is -0.137. The Kier molecular flexibility index (Phi) is 4.54. The maximum atomic E-state index is 12.9. The number of benzene rings is 1. The molecule has 0 aliphatic heterocycles. The summed E-state index contributed by atoms with van der Waals surface area (Å²) >= 11 is 0. The van der Waals surface area contributed by atoms with E-state index in [-0.39, 0.29) is 5.92 Å². The van der Waals surface area contributed by atoms with Crippen LogP contribution in [0.25, 0.3) is 0 Å². The highest BCUT2D eigenvalue weighted by atomic mass is 19.4. The second-order valence-electron chi connectivity index (χ2n) is 5.29. The number of hydrogen-bond acceptors (Lipinski definition) is 2. The van der Waals surface area contributed by atoms with Gasteiger partial charge >= 0.3 is 6.18 Å². The maximum Gasteiger partial charge on any atom is 0.417 e. The Labute approximate surface area is 125 Å². The van der Waals surface area contributed by atoms with E-state index in [4.69, 9.17) is 0 Å². The molecule has 1 aromatic heterocycles.